The second-order valence-corrected chi connectivity index (χ2v) is 4.68. The zero-order valence-corrected chi connectivity index (χ0v) is 10.7. The first-order valence-electron chi connectivity index (χ1n) is 5.50. The maximum atomic E-state index is 9.06. The quantitative estimate of drug-likeness (QED) is 0.629. The average Bonchev–Trinajstić information content (AvgIpc) is 2.31. The van der Waals surface area contributed by atoms with E-state index in [4.69, 9.17) is 11.0 Å². The molecule has 1 rings (SSSR count). The van der Waals surface area contributed by atoms with Crippen molar-refractivity contribution in [3.63, 3.8) is 0 Å². The summed E-state index contributed by atoms with van der Waals surface area (Å²) in [7, 11) is 0. The van der Waals surface area contributed by atoms with Crippen LogP contribution in [0, 0.1) is 18.3 Å². The van der Waals surface area contributed by atoms with Crippen LogP contribution in [0.2, 0.25) is 0 Å². The van der Waals surface area contributed by atoms with Crippen LogP contribution in [-0.2, 0) is 6.42 Å². The smallest absolute Gasteiger partial charge is 0.0994 e. The molecule has 0 aromatic heterocycles. The van der Waals surface area contributed by atoms with E-state index >= 15 is 0 Å². The van der Waals surface area contributed by atoms with Gasteiger partial charge in [-0.2, -0.15) is 5.26 Å². The molecule has 0 saturated carbocycles. The lowest BCUT2D eigenvalue weighted by Crippen LogP contribution is -1.99. The highest BCUT2D eigenvalue weighted by atomic mass is 32.2. The third-order valence-electron chi connectivity index (χ3n) is 2.68. The first kappa shape index (κ1) is 13.1. The summed E-state index contributed by atoms with van der Waals surface area (Å²) >= 11 is 1.70. The van der Waals surface area contributed by atoms with Gasteiger partial charge < -0.3 is 5.73 Å². The molecule has 0 spiro atoms. The molecule has 0 aliphatic rings. The Labute approximate surface area is 102 Å². The number of rotatable bonds is 5. The number of hydrogen-bond donors (Lipinski definition) is 1. The van der Waals surface area contributed by atoms with E-state index in [1.54, 1.807) is 11.8 Å². The van der Waals surface area contributed by atoms with E-state index in [-0.39, 0.29) is 0 Å². The van der Waals surface area contributed by atoms with Gasteiger partial charge in [-0.15, -0.1) is 11.8 Å². The highest BCUT2D eigenvalue weighted by Gasteiger charge is 2.06. The van der Waals surface area contributed by atoms with Gasteiger partial charge in [-0.3, -0.25) is 0 Å². The van der Waals surface area contributed by atoms with Crippen molar-refractivity contribution < 1.29 is 0 Å². The van der Waals surface area contributed by atoms with E-state index in [2.05, 4.69) is 12.1 Å². The zero-order valence-electron chi connectivity index (χ0n) is 9.92. The van der Waals surface area contributed by atoms with Gasteiger partial charge >= 0.3 is 0 Å². The highest BCUT2D eigenvalue weighted by molar-refractivity contribution is 7.98. The lowest BCUT2D eigenvalue weighted by atomic mass is 10.0. The third-order valence-corrected chi connectivity index (χ3v) is 3.54. The normalized spacial score (nSPS) is 10.1. The Bertz CT molecular complexity index is 394. The third kappa shape index (κ3) is 3.26. The lowest BCUT2D eigenvalue weighted by Gasteiger charge is -2.08. The maximum Gasteiger partial charge on any atom is 0.0994 e. The van der Waals surface area contributed by atoms with Crippen LogP contribution in [0.3, 0.4) is 0 Å². The maximum absolute atomic E-state index is 9.06. The molecule has 0 bridgehead atoms. The summed E-state index contributed by atoms with van der Waals surface area (Å²) in [5.41, 5.74) is 8.62. The summed E-state index contributed by atoms with van der Waals surface area (Å²) in [6.07, 6.45) is 5.20. The second-order valence-electron chi connectivity index (χ2n) is 3.83. The molecule has 16 heavy (non-hydrogen) atoms. The number of nitrogens with zero attached hydrogens (tertiary/aromatic N) is 1. The molecule has 0 atom stereocenters. The first-order chi connectivity index (χ1) is 7.72. The van der Waals surface area contributed by atoms with E-state index < -0.39 is 0 Å². The summed E-state index contributed by atoms with van der Waals surface area (Å²) in [4.78, 5) is 1.21. The number of unbranched alkanes of at least 4 members (excludes halogenated alkanes) is 1. The van der Waals surface area contributed by atoms with Crippen molar-refractivity contribution in [3.8, 4) is 6.07 Å². The lowest BCUT2D eigenvalue weighted by molar-refractivity contribution is 0.743. The van der Waals surface area contributed by atoms with Gasteiger partial charge in [0, 0.05) is 4.90 Å². The fraction of sp³-hybridized carbons (Fsp3) is 0.462. The number of aryl methyl sites for hydroxylation is 1. The molecule has 0 unspecified atom stereocenters. The van der Waals surface area contributed by atoms with Gasteiger partial charge in [-0.05, 0) is 62.2 Å². The summed E-state index contributed by atoms with van der Waals surface area (Å²) in [6.45, 7) is 2.75. The van der Waals surface area contributed by atoms with Crippen molar-refractivity contribution in [1.82, 2.24) is 0 Å². The van der Waals surface area contributed by atoms with Gasteiger partial charge in [0.15, 0.2) is 0 Å². The van der Waals surface area contributed by atoms with Gasteiger partial charge in [0.25, 0.3) is 0 Å². The molecule has 0 fully saturated rings. The Morgan fingerprint density at radius 3 is 2.69 bits per heavy atom. The molecule has 0 radical (unpaired) electrons. The van der Waals surface area contributed by atoms with Crippen LogP contribution < -0.4 is 5.73 Å². The minimum Gasteiger partial charge on any atom is -0.330 e. The molecule has 1 aromatic rings. The number of thioether (sulfide) groups is 1. The molecule has 0 aliphatic heterocycles. The van der Waals surface area contributed by atoms with Crippen molar-refractivity contribution in [2.45, 2.75) is 31.1 Å². The molecule has 86 valence electrons. The van der Waals surface area contributed by atoms with Crippen molar-refractivity contribution in [1.29, 1.82) is 5.26 Å². The molecule has 1 aromatic carbocycles. The number of benzene rings is 1. The van der Waals surface area contributed by atoms with Crippen molar-refractivity contribution in [3.05, 3.63) is 28.8 Å². The van der Waals surface area contributed by atoms with Crippen molar-refractivity contribution in [2.24, 2.45) is 5.73 Å². The van der Waals surface area contributed by atoms with Crippen LogP contribution in [0.4, 0.5) is 0 Å². The molecule has 0 aliphatic carbocycles. The Morgan fingerprint density at radius 2 is 2.12 bits per heavy atom. The standard InChI is InChI=1S/C13H18N2S/c1-10-12(9-15)7-11(5-3-4-6-14)8-13(10)16-2/h7-8H,3-6,14H2,1-2H3. The number of nitrogens with two attached hydrogens (primary N) is 1. The van der Waals surface area contributed by atoms with E-state index in [1.807, 2.05) is 19.2 Å². The minimum atomic E-state index is 0.742. The van der Waals surface area contributed by atoms with Gasteiger partial charge in [0.05, 0.1) is 11.6 Å². The van der Waals surface area contributed by atoms with Crippen LogP contribution in [0.25, 0.3) is 0 Å². The molecular weight excluding hydrogens is 216 g/mol. The van der Waals surface area contributed by atoms with Gasteiger partial charge in [-0.1, -0.05) is 0 Å². The van der Waals surface area contributed by atoms with Crippen molar-refractivity contribution in [2.75, 3.05) is 12.8 Å². The Hall–Kier alpha value is -0.980. The summed E-state index contributed by atoms with van der Waals surface area (Å²) in [6, 6.07) is 6.46. The van der Waals surface area contributed by atoms with Crippen LogP contribution in [-0.4, -0.2) is 12.8 Å². The van der Waals surface area contributed by atoms with E-state index in [9.17, 15) is 0 Å². The summed E-state index contributed by atoms with van der Waals surface area (Å²) in [5, 5.41) is 9.06. The molecule has 2 nitrogen and oxygen atoms in total. The molecule has 0 saturated heterocycles. The fourth-order valence-corrected chi connectivity index (χ4v) is 2.38. The summed E-state index contributed by atoms with van der Waals surface area (Å²) in [5.74, 6) is 0. The molecule has 2 N–H and O–H groups in total. The SMILES string of the molecule is CSc1cc(CCCCN)cc(C#N)c1C. The number of nitriles is 1. The molecule has 0 heterocycles. The van der Waals surface area contributed by atoms with Crippen LogP contribution in [0.15, 0.2) is 17.0 Å². The number of hydrogen-bond acceptors (Lipinski definition) is 3. The van der Waals surface area contributed by atoms with Gasteiger partial charge in [0.1, 0.15) is 0 Å². The molecule has 3 heteroatoms. The topological polar surface area (TPSA) is 49.8 Å². The Balaban J connectivity index is 2.90. The van der Waals surface area contributed by atoms with Gasteiger partial charge in [0.2, 0.25) is 0 Å². The van der Waals surface area contributed by atoms with Gasteiger partial charge in [-0.25, -0.2) is 0 Å². The van der Waals surface area contributed by atoms with E-state index in [0.717, 1.165) is 36.9 Å². The predicted molar refractivity (Wildman–Crippen MR) is 69.7 cm³/mol. The fourth-order valence-electron chi connectivity index (χ4n) is 1.69. The van der Waals surface area contributed by atoms with E-state index in [1.165, 1.54) is 10.5 Å². The van der Waals surface area contributed by atoms with Crippen molar-refractivity contribution >= 4 is 11.8 Å². The van der Waals surface area contributed by atoms with Crippen LogP contribution in [0.5, 0.6) is 0 Å². The van der Waals surface area contributed by atoms with Crippen LogP contribution >= 0.6 is 11.8 Å². The zero-order chi connectivity index (χ0) is 12.0. The largest absolute Gasteiger partial charge is 0.330 e. The van der Waals surface area contributed by atoms with E-state index in [0.29, 0.717) is 0 Å². The first-order valence-corrected chi connectivity index (χ1v) is 6.73. The average molecular weight is 234 g/mol. The monoisotopic (exact) mass is 234 g/mol. The summed E-state index contributed by atoms with van der Waals surface area (Å²) < 4.78 is 0. The second kappa shape index (κ2) is 6.57. The Kier molecular flexibility index (Phi) is 5.37. The molecule has 0 amide bonds. The Morgan fingerprint density at radius 1 is 1.38 bits per heavy atom. The van der Waals surface area contributed by atoms with Crippen LogP contribution in [0.1, 0.15) is 29.5 Å². The predicted octanol–water partition coefficient (Wildman–Crippen LogP) is 2.87. The minimum absolute atomic E-state index is 0.742. The highest BCUT2D eigenvalue weighted by Crippen LogP contribution is 2.25. The molecular formula is C13H18N2S.